The fourth-order valence-corrected chi connectivity index (χ4v) is 6.63. The first-order valence-corrected chi connectivity index (χ1v) is 14.8. The Balaban J connectivity index is 2.02. The van der Waals surface area contributed by atoms with Crippen molar-refractivity contribution in [2.75, 3.05) is 19.7 Å². The first kappa shape index (κ1) is 32.4. The number of halogens is 3. The molecule has 0 radical (unpaired) electrons. The van der Waals surface area contributed by atoms with E-state index in [4.69, 9.17) is 16.2 Å². The monoisotopic (exact) mass is 596 g/mol. The van der Waals surface area contributed by atoms with Crippen molar-refractivity contribution < 1.29 is 31.1 Å². The highest BCUT2D eigenvalue weighted by molar-refractivity contribution is 7.89. The van der Waals surface area contributed by atoms with Crippen molar-refractivity contribution in [1.29, 1.82) is 0 Å². The lowest BCUT2D eigenvalue weighted by Gasteiger charge is -2.32. The summed E-state index contributed by atoms with van der Waals surface area (Å²) in [5.41, 5.74) is 12.3. The van der Waals surface area contributed by atoms with E-state index in [1.165, 1.54) is 10.4 Å². The number of hydrogen-bond donors (Lipinski definition) is 3. The molecule has 12 heteroatoms. The Kier molecular flexibility index (Phi) is 9.82. The maximum absolute atomic E-state index is 13.7. The van der Waals surface area contributed by atoms with Crippen molar-refractivity contribution in [1.82, 2.24) is 9.62 Å². The van der Waals surface area contributed by atoms with Gasteiger partial charge < -0.3 is 21.5 Å². The fourth-order valence-electron chi connectivity index (χ4n) is 4.83. The van der Waals surface area contributed by atoms with E-state index in [9.17, 15) is 26.4 Å². The van der Waals surface area contributed by atoms with Gasteiger partial charge in [0, 0.05) is 25.8 Å². The summed E-state index contributed by atoms with van der Waals surface area (Å²) in [6.07, 6.45) is -3.55. The van der Waals surface area contributed by atoms with Gasteiger partial charge in [-0.25, -0.2) is 8.42 Å². The number of ether oxygens (including phenoxy) is 1. The Morgan fingerprint density at radius 3 is 2.49 bits per heavy atom. The molecule has 1 aliphatic heterocycles. The van der Waals surface area contributed by atoms with E-state index in [1.54, 1.807) is 38.2 Å². The number of amides is 1. The maximum Gasteiger partial charge on any atom is 0.416 e. The second-order valence-corrected chi connectivity index (χ2v) is 13.1. The number of nitrogens with two attached hydrogens (primary N) is 2. The highest BCUT2D eigenvalue weighted by Gasteiger charge is 2.39. The van der Waals surface area contributed by atoms with Crippen LogP contribution >= 0.6 is 0 Å². The molecule has 0 fully saturated rings. The SMILES string of the molecule is CCN/C=C(\N)COC(c1ccc(C)c(CN2CC(C)Cc3ccc(C(F)(F)F)cc3S2(=O)=O)c1)C(C)(C)C(N)=O. The number of fused-ring (bicyclic) bond motifs is 1. The van der Waals surface area contributed by atoms with Crippen molar-refractivity contribution in [2.45, 2.75) is 64.8 Å². The van der Waals surface area contributed by atoms with E-state index in [0.717, 1.165) is 17.7 Å². The van der Waals surface area contributed by atoms with Gasteiger partial charge in [-0.1, -0.05) is 31.2 Å². The predicted octanol–water partition coefficient (Wildman–Crippen LogP) is 4.38. The Bertz CT molecular complexity index is 1410. The van der Waals surface area contributed by atoms with Gasteiger partial charge in [0.15, 0.2) is 0 Å². The maximum atomic E-state index is 13.7. The van der Waals surface area contributed by atoms with Crippen LogP contribution in [0.3, 0.4) is 0 Å². The number of carbonyl (C=O) groups is 1. The van der Waals surface area contributed by atoms with Crippen LogP contribution in [-0.4, -0.2) is 38.3 Å². The number of sulfonamides is 1. The lowest BCUT2D eigenvalue weighted by atomic mass is 9.81. The standard InChI is InChI=1S/C29H39F3N4O4S/c1-6-35-14-24(33)17-40-26(28(4,5)27(34)37)21-8-7-19(3)22(12-21)16-36-15-18(2)11-20-9-10-23(29(30,31)32)13-25(20)41(36,38)39/h7-10,12-14,18,26,35H,6,11,15-17,33H2,1-5H3,(H2,34,37)/b24-14-. The lowest BCUT2D eigenvalue weighted by Crippen LogP contribution is -2.39. The summed E-state index contributed by atoms with van der Waals surface area (Å²) in [6, 6.07) is 8.23. The third kappa shape index (κ3) is 7.41. The third-order valence-electron chi connectivity index (χ3n) is 7.32. The van der Waals surface area contributed by atoms with Crippen LogP contribution in [-0.2, 0) is 38.7 Å². The topological polar surface area (TPSA) is 128 Å². The molecule has 1 heterocycles. The number of hydrogen-bond acceptors (Lipinski definition) is 6. The summed E-state index contributed by atoms with van der Waals surface area (Å²) >= 11 is 0. The molecule has 2 aromatic carbocycles. The highest BCUT2D eigenvalue weighted by atomic mass is 32.2. The molecule has 0 bridgehead atoms. The first-order chi connectivity index (χ1) is 19.0. The van der Waals surface area contributed by atoms with Crippen LogP contribution in [0.1, 0.15) is 61.6 Å². The molecular weight excluding hydrogens is 557 g/mol. The molecule has 41 heavy (non-hydrogen) atoms. The average Bonchev–Trinajstić information content (AvgIpc) is 2.96. The summed E-state index contributed by atoms with van der Waals surface area (Å²) in [5.74, 6) is -0.734. The summed E-state index contributed by atoms with van der Waals surface area (Å²) in [6.45, 7) is 9.62. The average molecular weight is 597 g/mol. The Labute approximate surface area is 240 Å². The zero-order chi connectivity index (χ0) is 30.8. The minimum absolute atomic E-state index is 0.00787. The van der Waals surface area contributed by atoms with E-state index < -0.39 is 39.2 Å². The van der Waals surface area contributed by atoms with E-state index in [1.807, 2.05) is 20.8 Å². The van der Waals surface area contributed by atoms with Crippen LogP contribution in [0.4, 0.5) is 13.2 Å². The largest absolute Gasteiger partial charge is 0.416 e. The fraction of sp³-hybridized carbons (Fsp3) is 0.483. The summed E-state index contributed by atoms with van der Waals surface area (Å²) in [7, 11) is -4.26. The van der Waals surface area contributed by atoms with E-state index >= 15 is 0 Å². The minimum Gasteiger partial charge on any atom is -0.399 e. The van der Waals surface area contributed by atoms with Crippen molar-refractivity contribution in [3.8, 4) is 0 Å². The number of rotatable bonds is 10. The van der Waals surface area contributed by atoms with E-state index in [2.05, 4.69) is 5.32 Å². The Hall–Kier alpha value is -3.09. The van der Waals surface area contributed by atoms with Gasteiger partial charge in [0.25, 0.3) is 0 Å². The molecule has 0 aliphatic carbocycles. The molecule has 8 nitrogen and oxygen atoms in total. The number of carbonyl (C=O) groups excluding carboxylic acids is 1. The molecule has 0 aromatic heterocycles. The van der Waals surface area contributed by atoms with Gasteiger partial charge in [0.2, 0.25) is 15.9 Å². The molecule has 226 valence electrons. The summed E-state index contributed by atoms with van der Waals surface area (Å²) < 4.78 is 75.2. The summed E-state index contributed by atoms with van der Waals surface area (Å²) in [5, 5.41) is 2.99. The van der Waals surface area contributed by atoms with Crippen LogP contribution in [0.5, 0.6) is 0 Å². The lowest BCUT2D eigenvalue weighted by molar-refractivity contribution is -0.138. The number of primary amides is 1. The van der Waals surface area contributed by atoms with Gasteiger partial charge in [-0.05, 0) is 74.4 Å². The van der Waals surface area contributed by atoms with Crippen molar-refractivity contribution in [3.63, 3.8) is 0 Å². The molecule has 0 spiro atoms. The molecule has 0 saturated heterocycles. The molecule has 3 rings (SSSR count). The molecule has 0 saturated carbocycles. The van der Waals surface area contributed by atoms with Crippen LogP contribution in [0.25, 0.3) is 0 Å². The molecular formula is C29H39F3N4O4S. The normalized spacial score (nSPS) is 18.8. The molecule has 2 unspecified atom stereocenters. The van der Waals surface area contributed by atoms with Crippen molar-refractivity contribution in [3.05, 3.63) is 76.1 Å². The van der Waals surface area contributed by atoms with Crippen LogP contribution in [0.2, 0.25) is 0 Å². The van der Waals surface area contributed by atoms with Gasteiger partial charge >= 0.3 is 6.18 Å². The molecule has 5 N–H and O–H groups in total. The Morgan fingerprint density at radius 1 is 1.20 bits per heavy atom. The zero-order valence-corrected chi connectivity index (χ0v) is 24.8. The molecule has 2 atom stereocenters. The van der Waals surface area contributed by atoms with Crippen LogP contribution in [0.15, 0.2) is 53.2 Å². The van der Waals surface area contributed by atoms with Crippen molar-refractivity contribution in [2.24, 2.45) is 22.8 Å². The Morgan fingerprint density at radius 2 is 1.88 bits per heavy atom. The van der Waals surface area contributed by atoms with E-state index in [-0.39, 0.29) is 30.5 Å². The van der Waals surface area contributed by atoms with Crippen LogP contribution in [0, 0.1) is 18.3 Å². The number of aryl methyl sites for hydroxylation is 1. The van der Waals surface area contributed by atoms with Crippen LogP contribution < -0.4 is 16.8 Å². The van der Waals surface area contributed by atoms with Gasteiger partial charge in [-0.2, -0.15) is 17.5 Å². The summed E-state index contributed by atoms with van der Waals surface area (Å²) in [4.78, 5) is 12.1. The highest BCUT2D eigenvalue weighted by Crippen LogP contribution is 2.39. The van der Waals surface area contributed by atoms with Gasteiger partial charge in [-0.3, -0.25) is 4.79 Å². The number of alkyl halides is 3. The van der Waals surface area contributed by atoms with Crippen molar-refractivity contribution >= 4 is 15.9 Å². The number of benzene rings is 2. The van der Waals surface area contributed by atoms with Gasteiger partial charge in [-0.15, -0.1) is 0 Å². The predicted molar refractivity (Wildman–Crippen MR) is 151 cm³/mol. The third-order valence-corrected chi connectivity index (χ3v) is 9.21. The number of nitrogens with one attached hydrogen (secondary N) is 1. The quantitative estimate of drug-likeness (QED) is 0.374. The van der Waals surface area contributed by atoms with Gasteiger partial charge in [0.1, 0.15) is 0 Å². The molecule has 2 aromatic rings. The minimum atomic E-state index is -4.67. The zero-order valence-electron chi connectivity index (χ0n) is 24.0. The first-order valence-electron chi connectivity index (χ1n) is 13.4. The smallest absolute Gasteiger partial charge is 0.399 e. The van der Waals surface area contributed by atoms with Gasteiger partial charge in [0.05, 0.1) is 34.3 Å². The molecule has 1 aliphatic rings. The van der Waals surface area contributed by atoms with E-state index in [0.29, 0.717) is 35.4 Å². The molecule has 1 amide bonds. The second kappa shape index (κ2) is 12.4. The number of nitrogens with zero attached hydrogens (tertiary/aromatic N) is 1. The second-order valence-electron chi connectivity index (χ2n) is 11.2.